The molecule has 0 spiro atoms. The molecular weight excluding hydrogens is 374 g/mol. The summed E-state index contributed by atoms with van der Waals surface area (Å²) in [7, 11) is 1.63. The molecule has 0 unspecified atom stereocenters. The maximum absolute atomic E-state index is 12.7. The first kappa shape index (κ1) is 20.6. The second-order valence-electron chi connectivity index (χ2n) is 6.92. The van der Waals surface area contributed by atoms with Gasteiger partial charge in [-0.25, -0.2) is 0 Å². The Bertz CT molecular complexity index is 861. The number of methoxy groups -OCH3 is 1. The van der Waals surface area contributed by atoms with Gasteiger partial charge in [0.15, 0.2) is 0 Å². The Morgan fingerprint density at radius 3 is 2.31 bits per heavy atom. The molecule has 0 atom stereocenters. The Kier molecular flexibility index (Phi) is 6.66. The summed E-state index contributed by atoms with van der Waals surface area (Å²) in [6, 6.07) is 12.0. The summed E-state index contributed by atoms with van der Waals surface area (Å²) in [5, 5.41) is 10.9. The van der Waals surface area contributed by atoms with E-state index in [9.17, 15) is 14.9 Å². The number of amides is 1. The summed E-state index contributed by atoms with van der Waals surface area (Å²) in [6.07, 6.45) is 0. The van der Waals surface area contributed by atoms with Crippen LogP contribution in [0.5, 0.6) is 11.5 Å². The maximum Gasteiger partial charge on any atom is 0.272 e. The quantitative estimate of drug-likeness (QED) is 0.526. The lowest BCUT2D eigenvalue weighted by Crippen LogP contribution is -2.49. The van der Waals surface area contributed by atoms with Gasteiger partial charge in [-0.2, -0.15) is 0 Å². The van der Waals surface area contributed by atoms with Crippen molar-refractivity contribution in [3.8, 4) is 11.5 Å². The third kappa shape index (κ3) is 5.23. The molecule has 1 heterocycles. The molecule has 3 rings (SSSR count). The van der Waals surface area contributed by atoms with Gasteiger partial charge in [-0.1, -0.05) is 0 Å². The number of carbonyl (C=O) groups excluding carboxylic acids is 1. The molecule has 29 heavy (non-hydrogen) atoms. The first-order valence-electron chi connectivity index (χ1n) is 9.51. The van der Waals surface area contributed by atoms with Gasteiger partial charge < -0.3 is 14.4 Å². The average Bonchev–Trinajstić information content (AvgIpc) is 2.74. The highest BCUT2D eigenvalue weighted by atomic mass is 16.6. The Hall–Kier alpha value is -3.13. The third-order valence-corrected chi connectivity index (χ3v) is 5.04. The van der Waals surface area contributed by atoms with Gasteiger partial charge in [0.05, 0.1) is 12.0 Å². The minimum atomic E-state index is -0.434. The van der Waals surface area contributed by atoms with Crippen LogP contribution in [0.15, 0.2) is 42.5 Å². The molecule has 1 aliphatic heterocycles. The molecule has 8 heteroatoms. The monoisotopic (exact) mass is 399 g/mol. The van der Waals surface area contributed by atoms with Crippen LogP contribution in [0.2, 0.25) is 0 Å². The van der Waals surface area contributed by atoms with Crippen molar-refractivity contribution in [1.82, 2.24) is 9.80 Å². The summed E-state index contributed by atoms with van der Waals surface area (Å²) in [5.74, 6) is 1.51. The van der Waals surface area contributed by atoms with Crippen LogP contribution in [0.4, 0.5) is 5.69 Å². The lowest BCUT2D eigenvalue weighted by molar-refractivity contribution is -0.385. The predicted molar refractivity (Wildman–Crippen MR) is 109 cm³/mol. The second-order valence-corrected chi connectivity index (χ2v) is 6.92. The number of aryl methyl sites for hydroxylation is 1. The number of nitro groups is 1. The van der Waals surface area contributed by atoms with Gasteiger partial charge in [-0.05, 0) is 43.3 Å². The van der Waals surface area contributed by atoms with Crippen LogP contribution in [0, 0.1) is 17.0 Å². The lowest BCUT2D eigenvalue weighted by Gasteiger charge is -2.34. The van der Waals surface area contributed by atoms with Crippen LogP contribution in [-0.4, -0.2) is 67.1 Å². The van der Waals surface area contributed by atoms with E-state index in [0.29, 0.717) is 30.8 Å². The van der Waals surface area contributed by atoms with Crippen molar-refractivity contribution in [1.29, 1.82) is 0 Å². The van der Waals surface area contributed by atoms with Crippen LogP contribution >= 0.6 is 0 Å². The van der Waals surface area contributed by atoms with Gasteiger partial charge in [0.25, 0.3) is 11.6 Å². The molecule has 0 aromatic heterocycles. The molecule has 154 valence electrons. The standard InChI is InChI=1S/C21H25N3O5/c1-16-15-17(3-8-20(16)24(26)27)21(25)23-11-9-22(10-12-23)13-14-29-19-6-4-18(28-2)5-7-19/h3-8,15H,9-14H2,1-2H3. The first-order chi connectivity index (χ1) is 14.0. The molecule has 1 saturated heterocycles. The number of hydrogen-bond donors (Lipinski definition) is 0. The van der Waals surface area contributed by atoms with Crippen molar-refractivity contribution in [3.05, 3.63) is 63.7 Å². The Morgan fingerprint density at radius 2 is 1.72 bits per heavy atom. The van der Waals surface area contributed by atoms with E-state index >= 15 is 0 Å². The fourth-order valence-corrected chi connectivity index (χ4v) is 3.32. The van der Waals surface area contributed by atoms with E-state index in [4.69, 9.17) is 9.47 Å². The topological polar surface area (TPSA) is 85.2 Å². The van der Waals surface area contributed by atoms with Gasteiger partial charge in [0, 0.05) is 49.9 Å². The van der Waals surface area contributed by atoms with Crippen LogP contribution in [0.25, 0.3) is 0 Å². The summed E-state index contributed by atoms with van der Waals surface area (Å²) < 4.78 is 10.9. The number of piperazine rings is 1. The number of ether oxygens (including phenoxy) is 2. The van der Waals surface area contributed by atoms with Gasteiger partial charge >= 0.3 is 0 Å². The van der Waals surface area contributed by atoms with E-state index in [-0.39, 0.29) is 11.6 Å². The molecule has 1 aliphatic rings. The Morgan fingerprint density at radius 1 is 1.07 bits per heavy atom. The number of nitro benzene ring substituents is 1. The zero-order chi connectivity index (χ0) is 20.8. The van der Waals surface area contributed by atoms with Crippen LogP contribution in [0.1, 0.15) is 15.9 Å². The summed E-state index contributed by atoms with van der Waals surface area (Å²) in [4.78, 5) is 27.2. The van der Waals surface area contributed by atoms with Crippen molar-refractivity contribution < 1.29 is 19.2 Å². The molecule has 8 nitrogen and oxygen atoms in total. The molecule has 1 amide bonds. The fourth-order valence-electron chi connectivity index (χ4n) is 3.32. The van der Waals surface area contributed by atoms with Gasteiger partial charge in [-0.3, -0.25) is 19.8 Å². The normalized spacial score (nSPS) is 14.5. The maximum atomic E-state index is 12.7. The minimum Gasteiger partial charge on any atom is -0.497 e. The second kappa shape index (κ2) is 9.38. The molecule has 0 aliphatic carbocycles. The molecule has 2 aromatic carbocycles. The van der Waals surface area contributed by atoms with Crippen molar-refractivity contribution in [2.75, 3.05) is 46.4 Å². The van der Waals surface area contributed by atoms with Crippen molar-refractivity contribution in [2.45, 2.75) is 6.92 Å². The number of rotatable bonds is 7. The fraction of sp³-hybridized carbons (Fsp3) is 0.381. The van der Waals surface area contributed by atoms with Gasteiger partial charge in [-0.15, -0.1) is 0 Å². The van der Waals surface area contributed by atoms with Crippen LogP contribution < -0.4 is 9.47 Å². The van der Waals surface area contributed by atoms with E-state index in [1.54, 1.807) is 25.0 Å². The van der Waals surface area contributed by atoms with Gasteiger partial charge in [0.2, 0.25) is 0 Å². The molecule has 2 aromatic rings. The predicted octanol–water partition coefficient (Wildman–Crippen LogP) is 2.75. The highest BCUT2D eigenvalue weighted by Gasteiger charge is 2.23. The van der Waals surface area contributed by atoms with Crippen molar-refractivity contribution in [2.24, 2.45) is 0 Å². The molecule has 0 N–H and O–H groups in total. The number of hydrogen-bond acceptors (Lipinski definition) is 6. The molecule has 1 fully saturated rings. The average molecular weight is 399 g/mol. The molecule has 0 radical (unpaired) electrons. The first-order valence-corrected chi connectivity index (χ1v) is 9.51. The zero-order valence-corrected chi connectivity index (χ0v) is 16.7. The number of carbonyl (C=O) groups is 1. The smallest absolute Gasteiger partial charge is 0.272 e. The van der Waals surface area contributed by atoms with Crippen LogP contribution in [0.3, 0.4) is 0 Å². The minimum absolute atomic E-state index is 0.0308. The van der Waals surface area contributed by atoms with Crippen LogP contribution in [-0.2, 0) is 0 Å². The largest absolute Gasteiger partial charge is 0.497 e. The highest BCUT2D eigenvalue weighted by molar-refractivity contribution is 5.94. The summed E-state index contributed by atoms with van der Waals surface area (Å²) in [6.45, 7) is 5.78. The summed E-state index contributed by atoms with van der Waals surface area (Å²) in [5.41, 5.74) is 1.02. The lowest BCUT2D eigenvalue weighted by atomic mass is 10.1. The Labute approximate surface area is 169 Å². The third-order valence-electron chi connectivity index (χ3n) is 5.04. The van der Waals surface area contributed by atoms with E-state index < -0.39 is 4.92 Å². The van der Waals surface area contributed by atoms with E-state index in [1.165, 1.54) is 12.1 Å². The highest BCUT2D eigenvalue weighted by Crippen LogP contribution is 2.20. The molecule has 0 saturated carbocycles. The molecule has 0 bridgehead atoms. The van der Waals surface area contributed by atoms with E-state index in [2.05, 4.69) is 4.90 Å². The Balaban J connectivity index is 1.45. The van der Waals surface area contributed by atoms with E-state index in [1.807, 2.05) is 24.3 Å². The molecular formula is C21H25N3O5. The van der Waals surface area contributed by atoms with Gasteiger partial charge in [0.1, 0.15) is 18.1 Å². The van der Waals surface area contributed by atoms with Crippen molar-refractivity contribution in [3.63, 3.8) is 0 Å². The number of nitrogens with zero attached hydrogens (tertiary/aromatic N) is 3. The SMILES string of the molecule is COc1ccc(OCCN2CCN(C(=O)c3ccc([N+](=O)[O-])c(C)c3)CC2)cc1. The summed E-state index contributed by atoms with van der Waals surface area (Å²) >= 11 is 0. The number of benzene rings is 2. The van der Waals surface area contributed by atoms with E-state index in [0.717, 1.165) is 31.1 Å². The van der Waals surface area contributed by atoms with Crippen molar-refractivity contribution >= 4 is 11.6 Å². The zero-order valence-electron chi connectivity index (χ0n) is 16.7.